The minimum Gasteiger partial charge on any atom is -0.461 e. The highest BCUT2D eigenvalue weighted by Crippen LogP contribution is 2.26. The van der Waals surface area contributed by atoms with Gasteiger partial charge in [-0.3, -0.25) is 0 Å². The van der Waals surface area contributed by atoms with Gasteiger partial charge in [0.2, 0.25) is 5.01 Å². The van der Waals surface area contributed by atoms with Crippen molar-refractivity contribution in [3.8, 4) is 10.9 Å². The predicted molar refractivity (Wildman–Crippen MR) is 71.9 cm³/mol. The van der Waals surface area contributed by atoms with Crippen LogP contribution in [0.5, 0.6) is 10.9 Å². The third kappa shape index (κ3) is 3.51. The molecule has 2 rings (SSSR count). The van der Waals surface area contributed by atoms with Gasteiger partial charge in [-0.2, -0.15) is 0 Å². The maximum Gasteiger partial charge on any atom is 0.369 e. The summed E-state index contributed by atoms with van der Waals surface area (Å²) in [6.45, 7) is 6.03. The zero-order chi connectivity index (χ0) is 13.8. The monoisotopic (exact) mass is 278 g/mol. The second kappa shape index (κ2) is 5.79. The number of esters is 1. The Bertz CT molecular complexity index is 575. The molecule has 1 aromatic heterocycles. The lowest BCUT2D eigenvalue weighted by molar-refractivity contribution is 0.0525. The molecule has 0 saturated heterocycles. The SMILES string of the molecule is CCOC(=O)c1nnc(Oc2cc(C)cc(C)c2)s1. The van der Waals surface area contributed by atoms with E-state index in [1.165, 1.54) is 0 Å². The number of carbonyl (C=O) groups excluding carboxylic acids is 1. The Morgan fingerprint density at radius 1 is 1.21 bits per heavy atom. The third-order valence-corrected chi connectivity index (χ3v) is 3.04. The quantitative estimate of drug-likeness (QED) is 0.804. The van der Waals surface area contributed by atoms with Crippen molar-refractivity contribution in [3.05, 3.63) is 34.3 Å². The molecule has 0 amide bonds. The van der Waals surface area contributed by atoms with Gasteiger partial charge in [0.1, 0.15) is 5.75 Å². The molecule has 6 heteroatoms. The van der Waals surface area contributed by atoms with Gasteiger partial charge in [-0.05, 0) is 55.4 Å². The number of nitrogens with zero attached hydrogens (tertiary/aromatic N) is 2. The lowest BCUT2D eigenvalue weighted by Crippen LogP contribution is -2.03. The molecular formula is C13H14N2O3S. The van der Waals surface area contributed by atoms with E-state index in [0.717, 1.165) is 22.5 Å². The van der Waals surface area contributed by atoms with Crippen LogP contribution in [0, 0.1) is 13.8 Å². The summed E-state index contributed by atoms with van der Waals surface area (Å²) in [5, 5.41) is 8.09. The first kappa shape index (κ1) is 13.5. The van der Waals surface area contributed by atoms with Crippen molar-refractivity contribution < 1.29 is 14.3 Å². The summed E-state index contributed by atoms with van der Waals surface area (Å²) in [6.07, 6.45) is 0. The van der Waals surface area contributed by atoms with Crippen LogP contribution in [0.3, 0.4) is 0 Å². The van der Waals surface area contributed by atoms with Gasteiger partial charge in [0.25, 0.3) is 5.19 Å². The van der Waals surface area contributed by atoms with Gasteiger partial charge in [-0.1, -0.05) is 11.2 Å². The number of aryl methyl sites for hydroxylation is 2. The Hall–Kier alpha value is -1.95. The van der Waals surface area contributed by atoms with E-state index in [4.69, 9.17) is 9.47 Å². The van der Waals surface area contributed by atoms with Crippen LogP contribution in [-0.2, 0) is 4.74 Å². The van der Waals surface area contributed by atoms with E-state index in [9.17, 15) is 4.79 Å². The van der Waals surface area contributed by atoms with E-state index in [1.54, 1.807) is 6.92 Å². The summed E-state index contributed by atoms with van der Waals surface area (Å²) in [6, 6.07) is 5.86. The zero-order valence-corrected chi connectivity index (χ0v) is 11.8. The van der Waals surface area contributed by atoms with E-state index >= 15 is 0 Å². The highest BCUT2D eigenvalue weighted by Gasteiger charge is 2.15. The highest BCUT2D eigenvalue weighted by atomic mass is 32.1. The van der Waals surface area contributed by atoms with Crippen LogP contribution < -0.4 is 4.74 Å². The molecule has 0 N–H and O–H groups in total. The first-order valence-electron chi connectivity index (χ1n) is 5.85. The average molecular weight is 278 g/mol. The summed E-state index contributed by atoms with van der Waals surface area (Å²) < 4.78 is 10.4. The van der Waals surface area contributed by atoms with E-state index in [1.807, 2.05) is 26.0 Å². The summed E-state index contributed by atoms with van der Waals surface area (Å²) in [7, 11) is 0. The number of hydrogen-bond donors (Lipinski definition) is 0. The van der Waals surface area contributed by atoms with Gasteiger partial charge in [-0.25, -0.2) is 4.79 Å². The van der Waals surface area contributed by atoms with E-state index in [-0.39, 0.29) is 5.01 Å². The van der Waals surface area contributed by atoms with Crippen LogP contribution >= 0.6 is 11.3 Å². The molecule has 0 fully saturated rings. The summed E-state index contributed by atoms with van der Waals surface area (Å²) in [4.78, 5) is 11.4. The number of rotatable bonds is 4. The molecule has 0 aliphatic rings. The molecule has 0 unspecified atom stereocenters. The van der Waals surface area contributed by atoms with E-state index in [0.29, 0.717) is 17.6 Å². The van der Waals surface area contributed by atoms with E-state index < -0.39 is 5.97 Å². The molecule has 0 radical (unpaired) electrons. The minimum atomic E-state index is -0.477. The van der Waals surface area contributed by atoms with Gasteiger partial charge in [0.05, 0.1) is 6.61 Å². The van der Waals surface area contributed by atoms with Crippen LogP contribution in [0.25, 0.3) is 0 Å². The molecule has 0 saturated carbocycles. The topological polar surface area (TPSA) is 61.3 Å². The summed E-state index contributed by atoms with van der Waals surface area (Å²) in [5.41, 5.74) is 2.20. The molecule has 19 heavy (non-hydrogen) atoms. The van der Waals surface area contributed by atoms with Gasteiger partial charge in [-0.15, -0.1) is 5.10 Å². The summed E-state index contributed by atoms with van der Waals surface area (Å²) in [5.74, 6) is 0.208. The molecule has 0 spiro atoms. The van der Waals surface area contributed by atoms with Crippen molar-refractivity contribution >= 4 is 17.3 Å². The normalized spacial score (nSPS) is 10.3. The summed E-state index contributed by atoms with van der Waals surface area (Å²) >= 11 is 1.07. The fourth-order valence-electron chi connectivity index (χ4n) is 1.62. The van der Waals surface area contributed by atoms with Crippen LogP contribution in [-0.4, -0.2) is 22.8 Å². The molecule has 100 valence electrons. The van der Waals surface area contributed by atoms with Gasteiger partial charge in [0.15, 0.2) is 0 Å². The zero-order valence-electron chi connectivity index (χ0n) is 11.0. The number of ether oxygens (including phenoxy) is 2. The molecule has 1 aromatic carbocycles. The number of aromatic nitrogens is 2. The molecule has 0 bridgehead atoms. The van der Waals surface area contributed by atoms with Gasteiger partial charge >= 0.3 is 5.97 Å². The van der Waals surface area contributed by atoms with E-state index in [2.05, 4.69) is 16.3 Å². The molecule has 2 aromatic rings. The van der Waals surface area contributed by atoms with Crippen molar-refractivity contribution in [3.63, 3.8) is 0 Å². The Balaban J connectivity index is 2.13. The third-order valence-electron chi connectivity index (χ3n) is 2.26. The number of carbonyl (C=O) groups is 1. The number of hydrogen-bond acceptors (Lipinski definition) is 6. The lowest BCUT2D eigenvalue weighted by Gasteiger charge is -2.03. The Morgan fingerprint density at radius 3 is 2.53 bits per heavy atom. The number of benzene rings is 1. The Labute approximate surface area is 115 Å². The fraction of sp³-hybridized carbons (Fsp3) is 0.308. The Kier molecular flexibility index (Phi) is 4.11. The average Bonchev–Trinajstić information content (AvgIpc) is 2.76. The van der Waals surface area contributed by atoms with Gasteiger partial charge < -0.3 is 9.47 Å². The standard InChI is InChI=1S/C13H14N2O3S/c1-4-17-12(16)11-14-15-13(19-11)18-10-6-8(2)5-9(3)7-10/h5-7H,4H2,1-3H3. The molecule has 0 atom stereocenters. The van der Waals surface area contributed by atoms with Crippen molar-refractivity contribution in [2.75, 3.05) is 6.61 Å². The largest absolute Gasteiger partial charge is 0.461 e. The van der Waals surface area contributed by atoms with Crippen LogP contribution in [0.4, 0.5) is 0 Å². The van der Waals surface area contributed by atoms with Crippen molar-refractivity contribution in [2.24, 2.45) is 0 Å². The molecular weight excluding hydrogens is 264 g/mol. The first-order chi connectivity index (χ1) is 9.08. The van der Waals surface area contributed by atoms with Crippen LogP contribution in [0.1, 0.15) is 27.9 Å². The second-order valence-electron chi connectivity index (χ2n) is 4.02. The molecule has 5 nitrogen and oxygen atoms in total. The predicted octanol–water partition coefficient (Wildman–Crippen LogP) is 3.12. The maximum absolute atomic E-state index is 11.4. The first-order valence-corrected chi connectivity index (χ1v) is 6.67. The van der Waals surface area contributed by atoms with Crippen LogP contribution in [0.2, 0.25) is 0 Å². The highest BCUT2D eigenvalue weighted by molar-refractivity contribution is 7.14. The minimum absolute atomic E-state index is 0.196. The molecule has 0 aliphatic carbocycles. The second-order valence-corrected chi connectivity index (χ2v) is 4.96. The lowest BCUT2D eigenvalue weighted by atomic mass is 10.1. The van der Waals surface area contributed by atoms with Crippen molar-refractivity contribution in [2.45, 2.75) is 20.8 Å². The van der Waals surface area contributed by atoms with Gasteiger partial charge in [0, 0.05) is 0 Å². The fourth-order valence-corrected chi connectivity index (χ4v) is 2.23. The van der Waals surface area contributed by atoms with Crippen molar-refractivity contribution in [1.82, 2.24) is 10.2 Å². The smallest absolute Gasteiger partial charge is 0.369 e. The molecule has 1 heterocycles. The van der Waals surface area contributed by atoms with Crippen LogP contribution in [0.15, 0.2) is 18.2 Å². The van der Waals surface area contributed by atoms with Crippen molar-refractivity contribution in [1.29, 1.82) is 0 Å². The Morgan fingerprint density at radius 2 is 1.89 bits per heavy atom. The molecule has 0 aliphatic heterocycles. The maximum atomic E-state index is 11.4.